The van der Waals surface area contributed by atoms with Crippen LogP contribution in [-0.4, -0.2) is 6.04 Å². The van der Waals surface area contributed by atoms with E-state index in [4.69, 9.17) is 0 Å². The van der Waals surface area contributed by atoms with E-state index < -0.39 is 0 Å². The van der Waals surface area contributed by atoms with E-state index in [-0.39, 0.29) is 0 Å². The van der Waals surface area contributed by atoms with Gasteiger partial charge >= 0.3 is 0 Å². The first kappa shape index (κ1) is 13.1. The highest BCUT2D eigenvalue weighted by molar-refractivity contribution is 5.45. The van der Waals surface area contributed by atoms with Crippen molar-refractivity contribution in [1.29, 1.82) is 0 Å². The van der Waals surface area contributed by atoms with E-state index in [2.05, 4.69) is 64.2 Å². The molecule has 1 aromatic carbocycles. The van der Waals surface area contributed by atoms with E-state index in [0.29, 0.717) is 17.9 Å². The Balaban J connectivity index is 2.64. The zero-order chi connectivity index (χ0) is 12.1. The van der Waals surface area contributed by atoms with Crippen molar-refractivity contribution in [1.82, 2.24) is 0 Å². The van der Waals surface area contributed by atoms with Crippen molar-refractivity contribution < 1.29 is 0 Å². The van der Waals surface area contributed by atoms with Crippen LogP contribution < -0.4 is 5.32 Å². The molecule has 2 atom stereocenters. The molecule has 1 nitrogen and oxygen atoms in total. The van der Waals surface area contributed by atoms with Gasteiger partial charge in [-0.25, -0.2) is 0 Å². The lowest BCUT2D eigenvalue weighted by molar-refractivity contribution is 0.560. The van der Waals surface area contributed by atoms with Gasteiger partial charge in [0.15, 0.2) is 0 Å². The van der Waals surface area contributed by atoms with Gasteiger partial charge in [-0.15, -0.1) is 0 Å². The van der Waals surface area contributed by atoms with E-state index >= 15 is 0 Å². The van der Waals surface area contributed by atoms with Gasteiger partial charge < -0.3 is 5.32 Å². The topological polar surface area (TPSA) is 12.0 Å². The molecule has 1 rings (SSSR count). The highest BCUT2D eigenvalue weighted by Crippen LogP contribution is 2.21. The van der Waals surface area contributed by atoms with Crippen LogP contribution in [0.1, 0.15) is 52.5 Å². The number of hydrogen-bond acceptors (Lipinski definition) is 1. The Labute approximate surface area is 100 Å². The Morgan fingerprint density at radius 2 is 1.56 bits per heavy atom. The molecule has 0 spiro atoms. The second kappa shape index (κ2) is 5.93. The standard InChI is InChI=1S/C15H25N/c1-6-12(4)14-7-9-15(10-8-14)16-13(5)11(2)3/h7-13,16H,6H2,1-5H3. The second-order valence-corrected chi connectivity index (χ2v) is 5.11. The molecule has 0 saturated carbocycles. The third kappa shape index (κ3) is 3.55. The molecule has 0 heterocycles. The minimum Gasteiger partial charge on any atom is -0.382 e. The number of hydrogen-bond donors (Lipinski definition) is 1. The van der Waals surface area contributed by atoms with Gasteiger partial charge in [-0.3, -0.25) is 0 Å². The largest absolute Gasteiger partial charge is 0.382 e. The van der Waals surface area contributed by atoms with Gasteiger partial charge in [0.1, 0.15) is 0 Å². The van der Waals surface area contributed by atoms with E-state index in [0.717, 1.165) is 0 Å². The zero-order valence-electron chi connectivity index (χ0n) is 11.2. The average Bonchev–Trinajstić information content (AvgIpc) is 2.28. The fourth-order valence-corrected chi connectivity index (χ4v) is 1.57. The summed E-state index contributed by atoms with van der Waals surface area (Å²) in [6.45, 7) is 11.2. The summed E-state index contributed by atoms with van der Waals surface area (Å²) in [6.07, 6.45) is 1.20. The lowest BCUT2D eigenvalue weighted by Crippen LogP contribution is -2.21. The lowest BCUT2D eigenvalue weighted by Gasteiger charge is -2.19. The number of rotatable bonds is 5. The molecule has 0 bridgehead atoms. The first-order valence-electron chi connectivity index (χ1n) is 6.41. The van der Waals surface area contributed by atoms with Crippen LogP contribution in [0.15, 0.2) is 24.3 Å². The normalized spacial score (nSPS) is 14.9. The van der Waals surface area contributed by atoms with Crippen LogP contribution in [0.5, 0.6) is 0 Å². The van der Waals surface area contributed by atoms with Crippen LogP contribution in [0.3, 0.4) is 0 Å². The summed E-state index contributed by atoms with van der Waals surface area (Å²) < 4.78 is 0. The predicted molar refractivity (Wildman–Crippen MR) is 73.1 cm³/mol. The van der Waals surface area contributed by atoms with E-state index in [9.17, 15) is 0 Å². The molecule has 1 heteroatoms. The summed E-state index contributed by atoms with van der Waals surface area (Å²) in [4.78, 5) is 0. The first-order chi connectivity index (χ1) is 7.54. The Kier molecular flexibility index (Phi) is 4.85. The van der Waals surface area contributed by atoms with E-state index in [1.165, 1.54) is 17.7 Å². The van der Waals surface area contributed by atoms with Gasteiger partial charge in [0, 0.05) is 11.7 Å². The summed E-state index contributed by atoms with van der Waals surface area (Å²) in [7, 11) is 0. The Morgan fingerprint density at radius 3 is 2.00 bits per heavy atom. The Hall–Kier alpha value is -0.980. The fraction of sp³-hybridized carbons (Fsp3) is 0.600. The highest BCUT2D eigenvalue weighted by atomic mass is 14.9. The molecule has 0 aliphatic rings. The van der Waals surface area contributed by atoms with Crippen LogP contribution in [0, 0.1) is 5.92 Å². The van der Waals surface area contributed by atoms with Gasteiger partial charge in [-0.2, -0.15) is 0 Å². The summed E-state index contributed by atoms with van der Waals surface area (Å²) >= 11 is 0. The number of nitrogens with one attached hydrogen (secondary N) is 1. The van der Waals surface area contributed by atoms with Gasteiger partial charge in [0.05, 0.1) is 0 Å². The fourth-order valence-electron chi connectivity index (χ4n) is 1.57. The van der Waals surface area contributed by atoms with Crippen molar-refractivity contribution in [3.63, 3.8) is 0 Å². The third-order valence-corrected chi connectivity index (χ3v) is 3.49. The summed E-state index contributed by atoms with van der Waals surface area (Å²) in [6, 6.07) is 9.39. The van der Waals surface area contributed by atoms with Crippen molar-refractivity contribution in [3.05, 3.63) is 29.8 Å². The van der Waals surface area contributed by atoms with Crippen LogP contribution in [-0.2, 0) is 0 Å². The van der Waals surface area contributed by atoms with Crippen molar-refractivity contribution in [3.8, 4) is 0 Å². The summed E-state index contributed by atoms with van der Waals surface area (Å²) in [5.74, 6) is 1.32. The summed E-state index contributed by atoms with van der Waals surface area (Å²) in [5, 5.41) is 3.53. The number of benzene rings is 1. The van der Waals surface area contributed by atoms with Crippen LogP contribution >= 0.6 is 0 Å². The van der Waals surface area contributed by atoms with Crippen molar-refractivity contribution >= 4 is 5.69 Å². The first-order valence-corrected chi connectivity index (χ1v) is 6.41. The highest BCUT2D eigenvalue weighted by Gasteiger charge is 2.07. The van der Waals surface area contributed by atoms with Crippen LogP contribution in [0.4, 0.5) is 5.69 Å². The zero-order valence-corrected chi connectivity index (χ0v) is 11.2. The van der Waals surface area contributed by atoms with Gasteiger partial charge in [-0.1, -0.05) is 39.8 Å². The predicted octanol–water partition coefficient (Wildman–Crippen LogP) is 4.66. The van der Waals surface area contributed by atoms with Crippen molar-refractivity contribution in [2.75, 3.05) is 5.32 Å². The summed E-state index contributed by atoms with van der Waals surface area (Å²) in [5.41, 5.74) is 2.67. The number of anilines is 1. The molecule has 0 fully saturated rings. The molecule has 16 heavy (non-hydrogen) atoms. The molecule has 0 amide bonds. The van der Waals surface area contributed by atoms with Gasteiger partial charge in [0.25, 0.3) is 0 Å². The lowest BCUT2D eigenvalue weighted by atomic mass is 9.98. The molecular formula is C15H25N. The van der Waals surface area contributed by atoms with Crippen LogP contribution in [0.2, 0.25) is 0 Å². The Bertz CT molecular complexity index is 300. The van der Waals surface area contributed by atoms with Crippen molar-refractivity contribution in [2.24, 2.45) is 5.92 Å². The quantitative estimate of drug-likeness (QED) is 0.759. The molecule has 2 unspecified atom stereocenters. The molecule has 0 aliphatic carbocycles. The SMILES string of the molecule is CCC(C)c1ccc(NC(C)C(C)C)cc1. The van der Waals surface area contributed by atoms with Crippen molar-refractivity contribution in [2.45, 2.75) is 53.0 Å². The van der Waals surface area contributed by atoms with E-state index in [1.54, 1.807) is 0 Å². The monoisotopic (exact) mass is 219 g/mol. The Morgan fingerprint density at radius 1 is 1.00 bits per heavy atom. The maximum atomic E-state index is 3.53. The molecule has 0 aromatic heterocycles. The molecule has 90 valence electrons. The molecule has 0 saturated heterocycles. The maximum Gasteiger partial charge on any atom is 0.0342 e. The third-order valence-electron chi connectivity index (χ3n) is 3.49. The second-order valence-electron chi connectivity index (χ2n) is 5.11. The molecular weight excluding hydrogens is 194 g/mol. The minimum absolute atomic E-state index is 0.523. The smallest absolute Gasteiger partial charge is 0.0342 e. The van der Waals surface area contributed by atoms with Crippen LogP contribution in [0.25, 0.3) is 0 Å². The maximum absolute atomic E-state index is 3.53. The minimum atomic E-state index is 0.523. The van der Waals surface area contributed by atoms with Gasteiger partial charge in [0.2, 0.25) is 0 Å². The molecule has 0 aliphatic heterocycles. The molecule has 0 radical (unpaired) electrons. The van der Waals surface area contributed by atoms with Gasteiger partial charge in [-0.05, 0) is 42.9 Å². The molecule has 1 N–H and O–H groups in total. The average molecular weight is 219 g/mol. The molecule has 1 aromatic rings. The van der Waals surface area contributed by atoms with E-state index in [1.807, 2.05) is 0 Å².